The first-order valence-corrected chi connectivity index (χ1v) is 5.62. The first-order valence-electron chi connectivity index (χ1n) is 5.62. The molecule has 0 aliphatic carbocycles. The van der Waals surface area contributed by atoms with Gasteiger partial charge in [-0.1, -0.05) is 0 Å². The number of aryl methyl sites for hydroxylation is 1. The average molecular weight is 219 g/mol. The minimum Gasteiger partial charge on any atom is -0.313 e. The van der Waals surface area contributed by atoms with E-state index in [1.54, 1.807) is 0 Å². The van der Waals surface area contributed by atoms with Gasteiger partial charge in [0.1, 0.15) is 6.04 Å². The Bertz CT molecular complexity index is 378. The van der Waals surface area contributed by atoms with Crippen LogP contribution in [-0.4, -0.2) is 46.9 Å². The van der Waals surface area contributed by atoms with Crippen molar-refractivity contribution in [3.05, 3.63) is 18.0 Å². The molecule has 1 atom stereocenters. The third kappa shape index (κ3) is 2.40. The summed E-state index contributed by atoms with van der Waals surface area (Å²) >= 11 is 0. The molecule has 16 heavy (non-hydrogen) atoms. The molecule has 0 bridgehead atoms. The third-order valence-corrected chi connectivity index (χ3v) is 3.08. The lowest BCUT2D eigenvalue weighted by molar-refractivity contribution is 0.198. The molecular formula is C11H17N5. The summed E-state index contributed by atoms with van der Waals surface area (Å²) in [6.07, 6.45) is 2.77. The van der Waals surface area contributed by atoms with Crippen molar-refractivity contribution in [2.24, 2.45) is 7.05 Å². The van der Waals surface area contributed by atoms with Crippen molar-refractivity contribution in [1.82, 2.24) is 20.0 Å². The lowest BCUT2D eigenvalue weighted by Crippen LogP contribution is -2.51. The quantitative estimate of drug-likeness (QED) is 0.762. The standard InChI is InChI=1S/C11H17N5/c1-15-10(2-4-14-15)3-6-16-7-5-13-9-11(16)8-12/h2,4,11,13H,3,5-7,9H2,1H3. The number of nitriles is 1. The van der Waals surface area contributed by atoms with E-state index >= 15 is 0 Å². The Hall–Kier alpha value is -1.38. The molecule has 5 heteroatoms. The molecule has 0 amide bonds. The summed E-state index contributed by atoms with van der Waals surface area (Å²) in [5, 5.41) is 16.4. The van der Waals surface area contributed by atoms with Crippen LogP contribution in [-0.2, 0) is 13.5 Å². The van der Waals surface area contributed by atoms with Crippen LogP contribution in [0.2, 0.25) is 0 Å². The van der Waals surface area contributed by atoms with E-state index in [-0.39, 0.29) is 6.04 Å². The summed E-state index contributed by atoms with van der Waals surface area (Å²) < 4.78 is 1.89. The molecule has 1 aromatic rings. The highest BCUT2D eigenvalue weighted by molar-refractivity contribution is 5.02. The molecule has 1 fully saturated rings. The minimum atomic E-state index is 0.0157. The van der Waals surface area contributed by atoms with Crippen LogP contribution >= 0.6 is 0 Å². The van der Waals surface area contributed by atoms with Gasteiger partial charge in [-0.3, -0.25) is 9.58 Å². The van der Waals surface area contributed by atoms with Gasteiger partial charge in [0.15, 0.2) is 0 Å². The lowest BCUT2D eigenvalue weighted by Gasteiger charge is -2.31. The molecular weight excluding hydrogens is 202 g/mol. The largest absolute Gasteiger partial charge is 0.313 e. The number of hydrogen-bond acceptors (Lipinski definition) is 4. The van der Waals surface area contributed by atoms with Gasteiger partial charge >= 0.3 is 0 Å². The molecule has 2 heterocycles. The molecule has 1 unspecified atom stereocenters. The van der Waals surface area contributed by atoms with Gasteiger partial charge in [0.2, 0.25) is 0 Å². The maximum Gasteiger partial charge on any atom is 0.110 e. The van der Waals surface area contributed by atoms with E-state index in [0.29, 0.717) is 0 Å². The maximum absolute atomic E-state index is 9.02. The summed E-state index contributed by atoms with van der Waals surface area (Å²) in [5.41, 5.74) is 1.22. The van der Waals surface area contributed by atoms with E-state index in [1.807, 2.05) is 24.0 Å². The van der Waals surface area contributed by atoms with Crippen LogP contribution in [0.5, 0.6) is 0 Å². The van der Waals surface area contributed by atoms with Crippen molar-refractivity contribution < 1.29 is 0 Å². The molecule has 0 saturated carbocycles. The van der Waals surface area contributed by atoms with Gasteiger partial charge in [-0.25, -0.2) is 0 Å². The average Bonchev–Trinajstić information content (AvgIpc) is 2.72. The molecule has 1 aliphatic heterocycles. The molecule has 0 aromatic carbocycles. The number of hydrogen-bond donors (Lipinski definition) is 1. The van der Waals surface area contributed by atoms with Crippen molar-refractivity contribution in [1.29, 1.82) is 5.26 Å². The SMILES string of the molecule is Cn1nccc1CCN1CCNCC1C#N. The van der Waals surface area contributed by atoms with E-state index in [1.165, 1.54) is 5.69 Å². The fourth-order valence-corrected chi connectivity index (χ4v) is 2.05. The van der Waals surface area contributed by atoms with Gasteiger partial charge in [-0.2, -0.15) is 10.4 Å². The molecule has 1 saturated heterocycles. The zero-order valence-electron chi connectivity index (χ0n) is 9.56. The minimum absolute atomic E-state index is 0.0157. The molecule has 0 radical (unpaired) electrons. The molecule has 1 aromatic heterocycles. The second-order valence-corrected chi connectivity index (χ2v) is 4.08. The van der Waals surface area contributed by atoms with Crippen molar-refractivity contribution in [2.45, 2.75) is 12.5 Å². The summed E-state index contributed by atoms with van der Waals surface area (Å²) in [5.74, 6) is 0. The summed E-state index contributed by atoms with van der Waals surface area (Å²) in [4.78, 5) is 2.24. The Kier molecular flexibility index (Phi) is 3.54. The number of rotatable bonds is 3. The van der Waals surface area contributed by atoms with Crippen LogP contribution in [0.25, 0.3) is 0 Å². The Morgan fingerprint density at radius 3 is 3.25 bits per heavy atom. The number of nitrogens with zero attached hydrogens (tertiary/aromatic N) is 4. The summed E-state index contributed by atoms with van der Waals surface area (Å²) in [7, 11) is 1.95. The number of aromatic nitrogens is 2. The summed E-state index contributed by atoms with van der Waals surface area (Å²) in [6, 6.07) is 4.39. The van der Waals surface area contributed by atoms with E-state index in [2.05, 4.69) is 21.4 Å². The van der Waals surface area contributed by atoms with Crippen molar-refractivity contribution in [2.75, 3.05) is 26.2 Å². The van der Waals surface area contributed by atoms with E-state index in [9.17, 15) is 0 Å². The van der Waals surface area contributed by atoms with Gasteiger partial charge in [-0.05, 0) is 6.07 Å². The van der Waals surface area contributed by atoms with Crippen molar-refractivity contribution in [3.8, 4) is 6.07 Å². The summed E-state index contributed by atoms with van der Waals surface area (Å²) in [6.45, 7) is 3.64. The molecule has 1 aliphatic rings. The highest BCUT2D eigenvalue weighted by Gasteiger charge is 2.21. The van der Waals surface area contributed by atoms with E-state index in [0.717, 1.165) is 32.6 Å². The van der Waals surface area contributed by atoms with E-state index in [4.69, 9.17) is 5.26 Å². The topological polar surface area (TPSA) is 56.9 Å². The van der Waals surface area contributed by atoms with Crippen LogP contribution in [0, 0.1) is 11.3 Å². The molecule has 0 spiro atoms. The van der Waals surface area contributed by atoms with Crippen LogP contribution in [0.15, 0.2) is 12.3 Å². The monoisotopic (exact) mass is 219 g/mol. The molecule has 5 nitrogen and oxygen atoms in total. The highest BCUT2D eigenvalue weighted by Crippen LogP contribution is 2.05. The Morgan fingerprint density at radius 2 is 2.56 bits per heavy atom. The van der Waals surface area contributed by atoms with Gasteiger partial charge in [0.25, 0.3) is 0 Å². The highest BCUT2D eigenvalue weighted by atomic mass is 15.3. The fourth-order valence-electron chi connectivity index (χ4n) is 2.05. The normalized spacial score (nSPS) is 21.9. The maximum atomic E-state index is 9.02. The van der Waals surface area contributed by atoms with Gasteiger partial charge in [0.05, 0.1) is 6.07 Å². The Balaban J connectivity index is 1.89. The first-order chi connectivity index (χ1) is 7.81. The second kappa shape index (κ2) is 5.10. The number of nitrogens with one attached hydrogen (secondary N) is 1. The second-order valence-electron chi connectivity index (χ2n) is 4.08. The fraction of sp³-hybridized carbons (Fsp3) is 0.636. The third-order valence-electron chi connectivity index (χ3n) is 3.08. The van der Waals surface area contributed by atoms with Gasteiger partial charge < -0.3 is 5.32 Å². The molecule has 2 rings (SSSR count). The van der Waals surface area contributed by atoms with Crippen LogP contribution in [0.3, 0.4) is 0 Å². The first kappa shape index (κ1) is 11.1. The van der Waals surface area contributed by atoms with Crippen LogP contribution in [0.1, 0.15) is 5.69 Å². The smallest absolute Gasteiger partial charge is 0.110 e. The molecule has 86 valence electrons. The van der Waals surface area contributed by atoms with Gasteiger partial charge in [0, 0.05) is 51.5 Å². The van der Waals surface area contributed by atoms with Crippen LogP contribution < -0.4 is 5.32 Å². The van der Waals surface area contributed by atoms with Gasteiger partial charge in [-0.15, -0.1) is 0 Å². The predicted octanol–water partition coefficient (Wildman–Crippen LogP) is -0.240. The van der Waals surface area contributed by atoms with Crippen molar-refractivity contribution in [3.63, 3.8) is 0 Å². The lowest BCUT2D eigenvalue weighted by atomic mass is 10.2. The zero-order chi connectivity index (χ0) is 11.4. The Labute approximate surface area is 95.7 Å². The van der Waals surface area contributed by atoms with Crippen LogP contribution in [0.4, 0.5) is 0 Å². The zero-order valence-corrected chi connectivity index (χ0v) is 9.56. The van der Waals surface area contributed by atoms with E-state index < -0.39 is 0 Å². The Morgan fingerprint density at radius 1 is 1.69 bits per heavy atom. The molecule has 1 N–H and O–H groups in total. The number of piperazine rings is 1. The predicted molar refractivity (Wildman–Crippen MR) is 60.8 cm³/mol. The van der Waals surface area contributed by atoms with Crippen molar-refractivity contribution >= 4 is 0 Å².